The van der Waals surface area contributed by atoms with E-state index in [-0.39, 0.29) is 0 Å². The van der Waals surface area contributed by atoms with Gasteiger partial charge in [-0.2, -0.15) is 0 Å². The van der Waals surface area contributed by atoms with E-state index >= 15 is 0 Å². The number of aryl methyl sites for hydroxylation is 2. The van der Waals surface area contributed by atoms with Gasteiger partial charge in [-0.05, 0) is 44.5 Å². The SMILES string of the molecule is CCNC(Cc1ccc(Cl)cc1)c1sc(C)nc1C. The number of likely N-dealkylation sites (N-methyl/N-ethyl adjacent to an activating group) is 1. The van der Waals surface area contributed by atoms with Gasteiger partial charge in [0.05, 0.1) is 10.7 Å². The Labute approximate surface area is 123 Å². The molecule has 2 rings (SSSR count). The van der Waals surface area contributed by atoms with E-state index in [1.165, 1.54) is 10.4 Å². The maximum Gasteiger partial charge on any atom is 0.0900 e. The third-order valence-corrected chi connectivity index (χ3v) is 4.50. The molecule has 0 amide bonds. The third kappa shape index (κ3) is 3.78. The summed E-state index contributed by atoms with van der Waals surface area (Å²) in [6.45, 7) is 7.24. The highest BCUT2D eigenvalue weighted by molar-refractivity contribution is 7.11. The van der Waals surface area contributed by atoms with Gasteiger partial charge in [-0.3, -0.25) is 0 Å². The molecule has 0 spiro atoms. The van der Waals surface area contributed by atoms with Crippen LogP contribution < -0.4 is 5.32 Å². The fourth-order valence-electron chi connectivity index (χ4n) is 2.23. The van der Waals surface area contributed by atoms with Gasteiger partial charge in [0.2, 0.25) is 0 Å². The summed E-state index contributed by atoms with van der Waals surface area (Å²) in [4.78, 5) is 5.87. The van der Waals surface area contributed by atoms with Crippen molar-refractivity contribution in [2.45, 2.75) is 33.2 Å². The van der Waals surface area contributed by atoms with E-state index < -0.39 is 0 Å². The van der Waals surface area contributed by atoms with Crippen molar-refractivity contribution in [1.29, 1.82) is 0 Å². The van der Waals surface area contributed by atoms with E-state index in [1.807, 2.05) is 12.1 Å². The first-order valence-electron chi connectivity index (χ1n) is 6.52. The minimum absolute atomic E-state index is 0.331. The number of hydrogen-bond donors (Lipinski definition) is 1. The van der Waals surface area contributed by atoms with Gasteiger partial charge in [0.15, 0.2) is 0 Å². The van der Waals surface area contributed by atoms with Crippen molar-refractivity contribution >= 4 is 22.9 Å². The number of rotatable bonds is 5. The first kappa shape index (κ1) is 14.5. The van der Waals surface area contributed by atoms with Crippen molar-refractivity contribution in [2.24, 2.45) is 0 Å². The molecule has 0 saturated carbocycles. The molecule has 2 nitrogen and oxygen atoms in total. The molecule has 1 aromatic carbocycles. The Balaban J connectivity index is 2.20. The van der Waals surface area contributed by atoms with Crippen LogP contribution in [0.4, 0.5) is 0 Å². The molecule has 4 heteroatoms. The quantitative estimate of drug-likeness (QED) is 0.889. The van der Waals surface area contributed by atoms with Crippen molar-refractivity contribution in [3.8, 4) is 0 Å². The van der Waals surface area contributed by atoms with Gasteiger partial charge in [-0.25, -0.2) is 4.98 Å². The first-order valence-corrected chi connectivity index (χ1v) is 7.71. The molecule has 0 saturated heterocycles. The highest BCUT2D eigenvalue weighted by Crippen LogP contribution is 2.27. The largest absolute Gasteiger partial charge is 0.309 e. The lowest BCUT2D eigenvalue weighted by Gasteiger charge is -2.17. The summed E-state index contributed by atoms with van der Waals surface area (Å²) in [5, 5.41) is 5.47. The van der Waals surface area contributed by atoms with Crippen molar-refractivity contribution in [1.82, 2.24) is 10.3 Å². The third-order valence-electron chi connectivity index (χ3n) is 3.06. The standard InChI is InChI=1S/C15H19ClN2S/c1-4-17-14(15-10(2)18-11(3)19-15)9-12-5-7-13(16)8-6-12/h5-8,14,17H,4,9H2,1-3H3. The molecule has 0 aliphatic rings. The molecular weight excluding hydrogens is 276 g/mol. The van der Waals surface area contributed by atoms with Crippen LogP contribution in [0.3, 0.4) is 0 Å². The molecule has 102 valence electrons. The maximum atomic E-state index is 5.93. The second-order valence-electron chi connectivity index (χ2n) is 4.62. The fraction of sp³-hybridized carbons (Fsp3) is 0.400. The minimum Gasteiger partial charge on any atom is -0.309 e. The van der Waals surface area contributed by atoms with Gasteiger partial charge < -0.3 is 5.32 Å². The zero-order valence-electron chi connectivity index (χ0n) is 11.5. The van der Waals surface area contributed by atoms with Crippen LogP contribution in [0.2, 0.25) is 5.02 Å². The van der Waals surface area contributed by atoms with Crippen LogP contribution in [0.1, 0.15) is 34.1 Å². The first-order chi connectivity index (χ1) is 9.10. The number of aromatic nitrogens is 1. The minimum atomic E-state index is 0.331. The second kappa shape index (κ2) is 6.51. The average molecular weight is 295 g/mol. The predicted octanol–water partition coefficient (Wildman–Crippen LogP) is 4.31. The predicted molar refractivity (Wildman–Crippen MR) is 83.2 cm³/mol. The molecule has 1 unspecified atom stereocenters. The van der Waals surface area contributed by atoms with E-state index in [0.29, 0.717) is 6.04 Å². The van der Waals surface area contributed by atoms with Crippen molar-refractivity contribution in [3.63, 3.8) is 0 Å². The molecule has 1 N–H and O–H groups in total. The number of hydrogen-bond acceptors (Lipinski definition) is 3. The Kier molecular flexibility index (Phi) is 4.97. The van der Waals surface area contributed by atoms with Crippen molar-refractivity contribution in [3.05, 3.63) is 50.4 Å². The van der Waals surface area contributed by atoms with Crippen LogP contribution in [-0.4, -0.2) is 11.5 Å². The number of nitrogens with one attached hydrogen (secondary N) is 1. The van der Waals surface area contributed by atoms with E-state index in [9.17, 15) is 0 Å². The molecule has 1 atom stereocenters. The lowest BCUT2D eigenvalue weighted by molar-refractivity contribution is 0.555. The van der Waals surface area contributed by atoms with Crippen molar-refractivity contribution in [2.75, 3.05) is 6.54 Å². The molecule has 0 bridgehead atoms. The van der Waals surface area contributed by atoms with E-state index in [1.54, 1.807) is 11.3 Å². The van der Waals surface area contributed by atoms with E-state index in [2.05, 4.69) is 43.2 Å². The van der Waals surface area contributed by atoms with E-state index in [0.717, 1.165) is 28.7 Å². The number of nitrogens with zero attached hydrogens (tertiary/aromatic N) is 1. The molecule has 0 aliphatic heterocycles. The Morgan fingerprint density at radius 2 is 1.95 bits per heavy atom. The zero-order valence-corrected chi connectivity index (χ0v) is 13.1. The Morgan fingerprint density at radius 3 is 2.47 bits per heavy atom. The number of benzene rings is 1. The fourth-order valence-corrected chi connectivity index (χ4v) is 3.36. The van der Waals surface area contributed by atoms with Gasteiger partial charge in [-0.15, -0.1) is 11.3 Å². The molecule has 1 heterocycles. The van der Waals surface area contributed by atoms with Gasteiger partial charge in [0, 0.05) is 15.9 Å². The van der Waals surface area contributed by atoms with Gasteiger partial charge >= 0.3 is 0 Å². The maximum absolute atomic E-state index is 5.93. The highest BCUT2D eigenvalue weighted by atomic mass is 35.5. The topological polar surface area (TPSA) is 24.9 Å². The number of halogens is 1. The van der Waals surface area contributed by atoms with Crippen LogP contribution in [0, 0.1) is 13.8 Å². The lowest BCUT2D eigenvalue weighted by Crippen LogP contribution is -2.22. The normalized spacial score (nSPS) is 12.6. The van der Waals surface area contributed by atoms with Gasteiger partial charge in [0.25, 0.3) is 0 Å². The van der Waals surface area contributed by atoms with E-state index in [4.69, 9.17) is 11.6 Å². The molecule has 0 radical (unpaired) electrons. The highest BCUT2D eigenvalue weighted by Gasteiger charge is 2.17. The summed E-state index contributed by atoms with van der Waals surface area (Å²) in [6, 6.07) is 8.42. The summed E-state index contributed by atoms with van der Waals surface area (Å²) in [7, 11) is 0. The molecule has 2 aromatic rings. The molecule has 0 aliphatic carbocycles. The second-order valence-corrected chi connectivity index (χ2v) is 6.29. The Bertz CT molecular complexity index is 534. The average Bonchev–Trinajstić information content (AvgIpc) is 2.71. The molecular formula is C15H19ClN2S. The Hall–Kier alpha value is -0.900. The van der Waals surface area contributed by atoms with Crippen LogP contribution in [-0.2, 0) is 6.42 Å². The molecule has 19 heavy (non-hydrogen) atoms. The smallest absolute Gasteiger partial charge is 0.0900 e. The Morgan fingerprint density at radius 1 is 1.26 bits per heavy atom. The van der Waals surface area contributed by atoms with Crippen LogP contribution in [0.15, 0.2) is 24.3 Å². The molecule has 1 aromatic heterocycles. The summed E-state index contributed by atoms with van der Waals surface area (Å²) >= 11 is 7.72. The van der Waals surface area contributed by atoms with Crippen molar-refractivity contribution < 1.29 is 0 Å². The lowest BCUT2D eigenvalue weighted by atomic mass is 10.0. The van der Waals surface area contributed by atoms with Gasteiger partial charge in [0.1, 0.15) is 0 Å². The zero-order chi connectivity index (χ0) is 13.8. The summed E-state index contributed by atoms with van der Waals surface area (Å²) < 4.78 is 0. The summed E-state index contributed by atoms with van der Waals surface area (Å²) in [6.07, 6.45) is 0.966. The summed E-state index contributed by atoms with van der Waals surface area (Å²) in [5.41, 5.74) is 2.43. The van der Waals surface area contributed by atoms with Crippen LogP contribution in [0.25, 0.3) is 0 Å². The number of thiazole rings is 1. The van der Waals surface area contributed by atoms with Gasteiger partial charge in [-0.1, -0.05) is 30.7 Å². The summed E-state index contributed by atoms with van der Waals surface area (Å²) in [5.74, 6) is 0. The monoisotopic (exact) mass is 294 g/mol. The van der Waals surface area contributed by atoms with Crippen LogP contribution in [0.5, 0.6) is 0 Å². The van der Waals surface area contributed by atoms with Crippen LogP contribution >= 0.6 is 22.9 Å². The molecule has 0 fully saturated rings.